The Kier molecular flexibility index (Phi) is 7.23. The van der Waals surface area contributed by atoms with Crippen LogP contribution in [0.15, 0.2) is 18.2 Å². The van der Waals surface area contributed by atoms with E-state index >= 15 is 0 Å². The van der Waals surface area contributed by atoms with Crippen LogP contribution < -0.4 is 0 Å². The van der Waals surface area contributed by atoms with E-state index in [0.717, 1.165) is 25.7 Å². The molecule has 1 N–H and O–H groups in total. The van der Waals surface area contributed by atoms with Crippen LogP contribution >= 0.6 is 0 Å². The molecule has 20 heavy (non-hydrogen) atoms. The summed E-state index contributed by atoms with van der Waals surface area (Å²) in [6.07, 6.45) is 4.30. The zero-order chi connectivity index (χ0) is 15.0. The van der Waals surface area contributed by atoms with Gasteiger partial charge in [-0.05, 0) is 37.1 Å². The number of hydrogen-bond acceptors (Lipinski definition) is 2. The molecule has 0 saturated heterocycles. The summed E-state index contributed by atoms with van der Waals surface area (Å²) in [5.41, 5.74) is 1.14. The van der Waals surface area contributed by atoms with Crippen molar-refractivity contribution in [2.45, 2.75) is 39.5 Å². The molecule has 0 atom stereocenters. The highest BCUT2D eigenvalue weighted by molar-refractivity contribution is 5.95. The van der Waals surface area contributed by atoms with Crippen molar-refractivity contribution in [3.05, 3.63) is 35.1 Å². The van der Waals surface area contributed by atoms with Gasteiger partial charge in [0.25, 0.3) is 5.91 Å². The normalized spacial score (nSPS) is 10.6. The molecule has 0 aliphatic carbocycles. The van der Waals surface area contributed by atoms with E-state index in [0.29, 0.717) is 24.2 Å². The van der Waals surface area contributed by atoms with E-state index in [1.165, 1.54) is 18.2 Å². The summed E-state index contributed by atoms with van der Waals surface area (Å²) in [6.45, 7) is 4.76. The molecule has 3 nitrogen and oxygen atoms in total. The van der Waals surface area contributed by atoms with Gasteiger partial charge < -0.3 is 10.0 Å². The topological polar surface area (TPSA) is 40.5 Å². The summed E-state index contributed by atoms with van der Waals surface area (Å²) in [6, 6.07) is 4.18. The lowest BCUT2D eigenvalue weighted by Gasteiger charge is -2.22. The van der Waals surface area contributed by atoms with Crippen LogP contribution in [0.4, 0.5) is 4.39 Å². The quantitative estimate of drug-likeness (QED) is 0.744. The predicted octanol–water partition coefficient (Wildman–Crippen LogP) is 3.15. The molecule has 0 aromatic heterocycles. The first-order chi connectivity index (χ1) is 9.60. The molecule has 4 heteroatoms. The van der Waals surface area contributed by atoms with E-state index in [4.69, 9.17) is 5.11 Å². The zero-order valence-electron chi connectivity index (χ0n) is 12.4. The van der Waals surface area contributed by atoms with Crippen molar-refractivity contribution in [2.24, 2.45) is 0 Å². The average molecular weight is 281 g/mol. The molecule has 0 aliphatic heterocycles. The first-order valence-corrected chi connectivity index (χ1v) is 7.26. The second kappa shape index (κ2) is 8.69. The van der Waals surface area contributed by atoms with Crippen molar-refractivity contribution in [1.82, 2.24) is 4.90 Å². The molecule has 0 aliphatic rings. The van der Waals surface area contributed by atoms with Crippen LogP contribution in [-0.2, 0) is 0 Å². The molecule has 1 rings (SSSR count). The Morgan fingerprint density at radius 1 is 1.25 bits per heavy atom. The molecule has 1 aromatic rings. The summed E-state index contributed by atoms with van der Waals surface area (Å²) >= 11 is 0. The van der Waals surface area contributed by atoms with Gasteiger partial charge in [0, 0.05) is 18.7 Å². The number of rotatable bonds is 8. The van der Waals surface area contributed by atoms with Crippen LogP contribution in [0.3, 0.4) is 0 Å². The third-order valence-corrected chi connectivity index (χ3v) is 3.36. The molecule has 0 heterocycles. The smallest absolute Gasteiger partial charge is 0.254 e. The van der Waals surface area contributed by atoms with Crippen LogP contribution in [0.2, 0.25) is 0 Å². The lowest BCUT2D eigenvalue weighted by molar-refractivity contribution is 0.0717. The van der Waals surface area contributed by atoms with Crippen molar-refractivity contribution in [3.63, 3.8) is 0 Å². The molecule has 0 spiro atoms. The van der Waals surface area contributed by atoms with Crippen LogP contribution in [0.1, 0.15) is 48.5 Å². The molecule has 0 unspecified atom stereocenters. The lowest BCUT2D eigenvalue weighted by atomic mass is 10.1. The number of halogens is 1. The predicted molar refractivity (Wildman–Crippen MR) is 78.3 cm³/mol. The Bertz CT molecular complexity index is 434. The number of aryl methyl sites for hydroxylation is 1. The number of amides is 1. The van der Waals surface area contributed by atoms with Gasteiger partial charge in [-0.25, -0.2) is 4.39 Å². The van der Waals surface area contributed by atoms with Crippen LogP contribution in [0.5, 0.6) is 0 Å². The fourth-order valence-electron chi connectivity index (χ4n) is 2.20. The maximum Gasteiger partial charge on any atom is 0.254 e. The SMILES string of the molecule is CCCCCCN(CCO)C(=O)c1ccc(F)cc1C. The van der Waals surface area contributed by atoms with Crippen LogP contribution in [0.25, 0.3) is 0 Å². The molecule has 112 valence electrons. The molecular weight excluding hydrogens is 257 g/mol. The summed E-state index contributed by atoms with van der Waals surface area (Å²) in [4.78, 5) is 14.1. The van der Waals surface area contributed by atoms with E-state index in [9.17, 15) is 9.18 Å². The van der Waals surface area contributed by atoms with Gasteiger partial charge >= 0.3 is 0 Å². The Morgan fingerprint density at radius 2 is 2.00 bits per heavy atom. The average Bonchev–Trinajstić information content (AvgIpc) is 2.41. The molecule has 1 amide bonds. The largest absolute Gasteiger partial charge is 0.395 e. The summed E-state index contributed by atoms with van der Waals surface area (Å²) in [7, 11) is 0. The standard InChI is InChI=1S/C16H24FNO2/c1-3-4-5-6-9-18(10-11-19)16(20)15-8-7-14(17)12-13(15)2/h7-8,12,19H,3-6,9-11H2,1-2H3. The minimum Gasteiger partial charge on any atom is -0.395 e. The second-order valence-electron chi connectivity index (χ2n) is 5.04. The first-order valence-electron chi connectivity index (χ1n) is 7.26. The Labute approximate surface area is 120 Å². The van der Waals surface area contributed by atoms with Gasteiger partial charge in [-0.2, -0.15) is 0 Å². The Balaban J connectivity index is 2.72. The first kappa shape index (κ1) is 16.6. The summed E-state index contributed by atoms with van der Waals surface area (Å²) in [5, 5.41) is 9.09. The van der Waals surface area contributed by atoms with E-state index < -0.39 is 0 Å². The minimum atomic E-state index is -0.337. The third kappa shape index (κ3) is 4.93. The van der Waals surface area contributed by atoms with Gasteiger partial charge in [-0.1, -0.05) is 26.2 Å². The minimum absolute atomic E-state index is 0.0558. The lowest BCUT2D eigenvalue weighted by Crippen LogP contribution is -2.34. The summed E-state index contributed by atoms with van der Waals surface area (Å²) in [5.74, 6) is -0.469. The fourth-order valence-corrected chi connectivity index (χ4v) is 2.20. The highest BCUT2D eigenvalue weighted by Gasteiger charge is 2.17. The highest BCUT2D eigenvalue weighted by Crippen LogP contribution is 2.14. The second-order valence-corrected chi connectivity index (χ2v) is 5.04. The highest BCUT2D eigenvalue weighted by atomic mass is 19.1. The Morgan fingerprint density at radius 3 is 2.60 bits per heavy atom. The number of unbranched alkanes of at least 4 members (excludes halogenated alkanes) is 3. The number of hydrogen-bond donors (Lipinski definition) is 1. The van der Waals surface area contributed by atoms with Gasteiger partial charge in [0.2, 0.25) is 0 Å². The van der Waals surface area contributed by atoms with Crippen LogP contribution in [-0.4, -0.2) is 35.6 Å². The monoisotopic (exact) mass is 281 g/mol. The van der Waals surface area contributed by atoms with Crippen molar-refractivity contribution in [3.8, 4) is 0 Å². The number of aliphatic hydroxyl groups excluding tert-OH is 1. The van der Waals surface area contributed by atoms with Gasteiger partial charge in [0.15, 0.2) is 0 Å². The van der Waals surface area contributed by atoms with Crippen molar-refractivity contribution < 1.29 is 14.3 Å². The molecule has 0 bridgehead atoms. The molecular formula is C16H24FNO2. The number of aliphatic hydroxyl groups is 1. The van der Waals surface area contributed by atoms with Crippen molar-refractivity contribution >= 4 is 5.91 Å². The maximum absolute atomic E-state index is 13.1. The number of carbonyl (C=O) groups is 1. The molecule has 0 saturated carbocycles. The molecule has 0 fully saturated rings. The van der Waals surface area contributed by atoms with Gasteiger partial charge in [-0.15, -0.1) is 0 Å². The van der Waals surface area contributed by atoms with E-state index in [1.54, 1.807) is 11.8 Å². The molecule has 1 aromatic carbocycles. The number of benzene rings is 1. The van der Waals surface area contributed by atoms with E-state index in [-0.39, 0.29) is 18.3 Å². The van der Waals surface area contributed by atoms with Crippen LogP contribution in [0, 0.1) is 12.7 Å². The van der Waals surface area contributed by atoms with E-state index in [1.807, 2.05) is 0 Å². The van der Waals surface area contributed by atoms with Gasteiger partial charge in [0.1, 0.15) is 5.82 Å². The summed E-state index contributed by atoms with van der Waals surface area (Å²) < 4.78 is 13.1. The number of nitrogens with zero attached hydrogens (tertiary/aromatic N) is 1. The molecule has 0 radical (unpaired) electrons. The maximum atomic E-state index is 13.1. The van der Waals surface area contributed by atoms with Crippen molar-refractivity contribution in [2.75, 3.05) is 19.7 Å². The van der Waals surface area contributed by atoms with Gasteiger partial charge in [0.05, 0.1) is 6.61 Å². The number of carbonyl (C=O) groups excluding carboxylic acids is 1. The van der Waals surface area contributed by atoms with E-state index in [2.05, 4.69) is 6.92 Å². The Hall–Kier alpha value is -1.42. The van der Waals surface area contributed by atoms with Gasteiger partial charge in [-0.3, -0.25) is 4.79 Å². The fraction of sp³-hybridized carbons (Fsp3) is 0.562. The van der Waals surface area contributed by atoms with Crippen molar-refractivity contribution in [1.29, 1.82) is 0 Å². The zero-order valence-corrected chi connectivity index (χ0v) is 12.4. The third-order valence-electron chi connectivity index (χ3n) is 3.36.